The molecule has 204 valence electrons. The first kappa shape index (κ1) is 29.4. The monoisotopic (exact) mass is 536 g/mol. The molecule has 2 aromatic rings. The van der Waals surface area contributed by atoms with Crippen molar-refractivity contribution < 1.29 is 45.3 Å². The third-order valence-electron chi connectivity index (χ3n) is 5.19. The van der Waals surface area contributed by atoms with Crippen LogP contribution in [0.15, 0.2) is 46.4 Å². The molecule has 8 nitrogen and oxygen atoms in total. The zero-order valence-corrected chi connectivity index (χ0v) is 19.0. The Morgan fingerprint density at radius 3 is 1.32 bits per heavy atom. The van der Waals surface area contributed by atoms with Crippen molar-refractivity contribution in [3.63, 3.8) is 0 Å². The molecule has 2 heterocycles. The number of hydrogen-bond acceptors (Lipinski definition) is 8. The van der Waals surface area contributed by atoms with Gasteiger partial charge in [0.1, 0.15) is 36.8 Å². The molecule has 2 atom stereocenters. The number of alkyl halides is 6. The zero-order valence-electron chi connectivity index (χ0n) is 19.0. The molecule has 2 aliphatic rings. The van der Waals surface area contributed by atoms with E-state index in [1.54, 1.807) is 0 Å². The molecule has 4 rings (SSSR count). The Bertz CT molecular complexity index is 1060. The number of benzene rings is 2. The summed E-state index contributed by atoms with van der Waals surface area (Å²) in [5.41, 5.74) is 9.09. The van der Waals surface area contributed by atoms with Crippen LogP contribution in [0.4, 0.5) is 26.3 Å². The molecule has 2 aromatic carbocycles. The van der Waals surface area contributed by atoms with Crippen LogP contribution < -0.4 is 20.9 Å². The first-order valence-electron chi connectivity index (χ1n) is 10.3. The van der Waals surface area contributed by atoms with E-state index in [0.717, 1.165) is 12.1 Å². The minimum Gasteiger partial charge on any atom is -0.497 e. The van der Waals surface area contributed by atoms with E-state index in [1.165, 1.54) is 38.5 Å². The van der Waals surface area contributed by atoms with E-state index in [0.29, 0.717) is 0 Å². The maximum Gasteiger partial charge on any atom is 0.416 e. The molecule has 37 heavy (non-hydrogen) atoms. The van der Waals surface area contributed by atoms with Crippen LogP contribution in [-0.2, 0) is 21.8 Å². The molecule has 0 saturated carbocycles. The zero-order chi connectivity index (χ0) is 26.7. The van der Waals surface area contributed by atoms with E-state index in [-0.39, 0.29) is 55.3 Å². The number of nitrogens with zero attached hydrogens (tertiary/aromatic N) is 2. The van der Waals surface area contributed by atoms with Gasteiger partial charge in [0.15, 0.2) is 0 Å². The summed E-state index contributed by atoms with van der Waals surface area (Å²) in [6.07, 6.45) is -8.95. The predicted molar refractivity (Wildman–Crippen MR) is 123 cm³/mol. The molecule has 14 heteroatoms. The standard InChI is InChI=1S/2C11H11F3N2O2.CH4/c2*1-17-6-2-3-7(8(4-6)11(12,13)14)9-5-18-10(15)16-9;/h2*2-4,9H,5H2,1H3,(H2,15,16);1H4/t2*9-;/m10./s1. The van der Waals surface area contributed by atoms with Crippen molar-refractivity contribution in [3.05, 3.63) is 58.7 Å². The molecule has 0 amide bonds. The molecule has 0 aromatic heterocycles. The maximum absolute atomic E-state index is 12.9. The minimum atomic E-state index is -4.48. The second-order valence-corrected chi connectivity index (χ2v) is 7.49. The Labute approximate surface area is 208 Å². The van der Waals surface area contributed by atoms with Crippen LogP contribution in [0.1, 0.15) is 41.8 Å². The van der Waals surface area contributed by atoms with Crippen LogP contribution in [0, 0.1) is 0 Å². The largest absolute Gasteiger partial charge is 0.497 e. The van der Waals surface area contributed by atoms with Crippen LogP contribution in [0.25, 0.3) is 0 Å². The maximum atomic E-state index is 12.9. The van der Waals surface area contributed by atoms with Crippen molar-refractivity contribution in [2.24, 2.45) is 21.5 Å². The lowest BCUT2D eigenvalue weighted by atomic mass is 10.0. The van der Waals surface area contributed by atoms with Gasteiger partial charge in [0.2, 0.25) is 0 Å². The average Bonchev–Trinajstić information content (AvgIpc) is 3.45. The number of aliphatic imine (C=N–C) groups is 2. The first-order valence-corrected chi connectivity index (χ1v) is 10.3. The third kappa shape index (κ3) is 7.11. The smallest absolute Gasteiger partial charge is 0.416 e. The fourth-order valence-corrected chi connectivity index (χ4v) is 3.50. The molecule has 0 saturated heterocycles. The quantitative estimate of drug-likeness (QED) is 0.541. The van der Waals surface area contributed by atoms with Gasteiger partial charge in [0.25, 0.3) is 12.0 Å². The van der Waals surface area contributed by atoms with E-state index in [9.17, 15) is 26.3 Å². The molecular weight excluding hydrogens is 510 g/mol. The van der Waals surface area contributed by atoms with Crippen molar-refractivity contribution in [2.45, 2.75) is 31.9 Å². The van der Waals surface area contributed by atoms with Crippen molar-refractivity contribution in [1.82, 2.24) is 0 Å². The van der Waals surface area contributed by atoms with Gasteiger partial charge in [0, 0.05) is 0 Å². The summed E-state index contributed by atoms with van der Waals surface area (Å²) in [6, 6.07) is 5.81. The Hall–Kier alpha value is -3.84. The Balaban J connectivity index is 0.000000253. The molecular formula is C23H26F6N4O4. The summed E-state index contributed by atoms with van der Waals surface area (Å²) in [4.78, 5) is 7.64. The minimum absolute atomic E-state index is 0. The van der Waals surface area contributed by atoms with Gasteiger partial charge in [-0.05, 0) is 35.4 Å². The van der Waals surface area contributed by atoms with Crippen LogP contribution in [0.2, 0.25) is 0 Å². The molecule has 0 bridgehead atoms. The van der Waals surface area contributed by atoms with E-state index >= 15 is 0 Å². The molecule has 0 radical (unpaired) electrons. The third-order valence-corrected chi connectivity index (χ3v) is 5.19. The van der Waals surface area contributed by atoms with Crippen molar-refractivity contribution >= 4 is 12.0 Å². The molecule has 4 N–H and O–H groups in total. The summed E-state index contributed by atoms with van der Waals surface area (Å²) in [7, 11) is 2.62. The Morgan fingerprint density at radius 1 is 0.730 bits per heavy atom. The van der Waals surface area contributed by atoms with Gasteiger partial charge in [-0.2, -0.15) is 26.3 Å². The van der Waals surface area contributed by atoms with Gasteiger partial charge in [-0.3, -0.25) is 0 Å². The summed E-state index contributed by atoms with van der Waals surface area (Å²) in [5.74, 6) is 0.281. The van der Waals surface area contributed by atoms with Gasteiger partial charge in [-0.25, -0.2) is 9.98 Å². The van der Waals surface area contributed by atoms with Crippen LogP contribution in [0.3, 0.4) is 0 Å². The van der Waals surface area contributed by atoms with Crippen molar-refractivity contribution in [1.29, 1.82) is 0 Å². The lowest BCUT2D eigenvalue weighted by Crippen LogP contribution is -2.12. The predicted octanol–water partition coefficient (Wildman–Crippen LogP) is 4.84. The molecule has 0 fully saturated rings. The number of rotatable bonds is 4. The van der Waals surface area contributed by atoms with Gasteiger partial charge in [-0.1, -0.05) is 19.6 Å². The summed E-state index contributed by atoms with van der Waals surface area (Å²) < 4.78 is 97.0. The highest BCUT2D eigenvalue weighted by Crippen LogP contribution is 2.40. The highest BCUT2D eigenvalue weighted by atomic mass is 19.4. The summed E-state index contributed by atoms with van der Waals surface area (Å²) >= 11 is 0. The van der Waals surface area contributed by atoms with E-state index < -0.39 is 35.6 Å². The lowest BCUT2D eigenvalue weighted by molar-refractivity contribution is -0.139. The highest BCUT2D eigenvalue weighted by molar-refractivity contribution is 5.74. The normalized spacial score (nSPS) is 18.8. The number of halogens is 6. The molecule has 0 spiro atoms. The molecule has 0 unspecified atom stereocenters. The fourth-order valence-electron chi connectivity index (χ4n) is 3.50. The number of hydrogen-bond donors (Lipinski definition) is 2. The Morgan fingerprint density at radius 2 is 1.08 bits per heavy atom. The first-order chi connectivity index (χ1) is 16.8. The van der Waals surface area contributed by atoms with Crippen LogP contribution in [-0.4, -0.2) is 39.5 Å². The van der Waals surface area contributed by atoms with Crippen molar-refractivity contribution in [3.8, 4) is 11.5 Å². The van der Waals surface area contributed by atoms with Crippen LogP contribution in [0.5, 0.6) is 11.5 Å². The molecule has 0 aliphatic carbocycles. The topological polar surface area (TPSA) is 114 Å². The summed E-state index contributed by atoms with van der Waals surface area (Å²) in [5, 5.41) is 0. The molecule has 2 aliphatic heterocycles. The van der Waals surface area contributed by atoms with Crippen LogP contribution >= 0.6 is 0 Å². The van der Waals surface area contributed by atoms with Gasteiger partial charge in [-0.15, -0.1) is 0 Å². The highest BCUT2D eigenvalue weighted by Gasteiger charge is 2.38. The van der Waals surface area contributed by atoms with E-state index in [2.05, 4.69) is 9.98 Å². The second kappa shape index (κ2) is 11.5. The van der Waals surface area contributed by atoms with Gasteiger partial charge >= 0.3 is 12.4 Å². The SMILES string of the molecule is C.COc1ccc([C@@H]2COC(N)=N2)c(C(F)(F)F)c1.COc1ccc([C@H]2COC(N)=N2)c(C(F)(F)F)c1. The second-order valence-electron chi connectivity index (χ2n) is 7.49. The van der Waals surface area contributed by atoms with Gasteiger partial charge in [0.05, 0.1) is 25.3 Å². The number of ether oxygens (including phenoxy) is 4. The van der Waals surface area contributed by atoms with Crippen molar-refractivity contribution in [2.75, 3.05) is 27.4 Å². The number of nitrogens with two attached hydrogens (primary N) is 2. The fraction of sp³-hybridized carbons (Fsp3) is 0.391. The average molecular weight is 536 g/mol. The Kier molecular flexibility index (Phi) is 9.12. The summed E-state index contributed by atoms with van der Waals surface area (Å²) in [6.45, 7) is 0.0302. The number of amidine groups is 2. The number of methoxy groups -OCH3 is 2. The van der Waals surface area contributed by atoms with Gasteiger partial charge < -0.3 is 30.4 Å². The van der Waals surface area contributed by atoms with E-state index in [1.807, 2.05) is 0 Å². The lowest BCUT2D eigenvalue weighted by Gasteiger charge is -2.16. The van der Waals surface area contributed by atoms with E-state index in [4.69, 9.17) is 30.4 Å².